The van der Waals surface area contributed by atoms with Crippen molar-refractivity contribution in [1.82, 2.24) is 4.72 Å². The summed E-state index contributed by atoms with van der Waals surface area (Å²) in [5.41, 5.74) is -1.57. The van der Waals surface area contributed by atoms with E-state index < -0.39 is 20.7 Å². The Morgan fingerprint density at radius 2 is 1.91 bits per heavy atom. The topological polar surface area (TPSA) is 83.5 Å². The second-order valence-corrected chi connectivity index (χ2v) is 4.77. The van der Waals surface area contributed by atoms with Gasteiger partial charge >= 0.3 is 5.97 Å². The van der Waals surface area contributed by atoms with Crippen molar-refractivity contribution in [3.05, 3.63) is 0 Å². The van der Waals surface area contributed by atoms with Crippen molar-refractivity contribution >= 4 is 25.9 Å². The minimum Gasteiger partial charge on any atom is -0.480 e. The first-order valence-electron chi connectivity index (χ1n) is 2.62. The summed E-state index contributed by atoms with van der Waals surface area (Å²) >= 11 is 0. The first kappa shape index (κ1) is 10.7. The highest BCUT2D eigenvalue weighted by atomic mass is 35.7. The minimum absolute atomic E-state index is 1.19. The van der Waals surface area contributed by atoms with Gasteiger partial charge in [0.15, 0.2) is 0 Å². The molecule has 0 radical (unpaired) electrons. The summed E-state index contributed by atoms with van der Waals surface area (Å²) in [5.74, 6) is -1.29. The van der Waals surface area contributed by atoms with Crippen LogP contribution in [0.2, 0.25) is 0 Å². The number of hydrogen-bond donors (Lipinski definition) is 2. The van der Waals surface area contributed by atoms with Crippen LogP contribution in [0.5, 0.6) is 0 Å². The maximum absolute atomic E-state index is 10.3. The van der Waals surface area contributed by atoms with Crippen LogP contribution >= 0.6 is 10.7 Å². The van der Waals surface area contributed by atoms with E-state index in [0.717, 1.165) is 0 Å². The zero-order chi connectivity index (χ0) is 9.28. The molecule has 0 aromatic carbocycles. The van der Waals surface area contributed by atoms with Gasteiger partial charge in [0, 0.05) is 10.7 Å². The Labute approximate surface area is 68.9 Å². The van der Waals surface area contributed by atoms with Gasteiger partial charge in [-0.25, -0.2) is 0 Å². The van der Waals surface area contributed by atoms with Crippen LogP contribution in [0.25, 0.3) is 0 Å². The normalized spacial score (nSPS) is 13.0. The third-order valence-electron chi connectivity index (χ3n) is 0.912. The lowest BCUT2D eigenvalue weighted by Crippen LogP contribution is -2.47. The molecule has 0 spiro atoms. The number of nitrogens with one attached hydrogen (secondary N) is 1. The molecule has 0 unspecified atom stereocenters. The first-order chi connectivity index (χ1) is 4.65. The van der Waals surface area contributed by atoms with E-state index in [9.17, 15) is 13.2 Å². The maximum atomic E-state index is 10.3. The summed E-state index contributed by atoms with van der Waals surface area (Å²) in [7, 11) is 0.774. The number of carboxylic acids is 1. The molecule has 7 heteroatoms. The molecule has 0 saturated heterocycles. The van der Waals surface area contributed by atoms with Gasteiger partial charge in [-0.2, -0.15) is 13.1 Å². The van der Waals surface area contributed by atoms with Crippen molar-refractivity contribution in [1.29, 1.82) is 0 Å². The molecule has 0 bridgehead atoms. The second-order valence-electron chi connectivity index (χ2n) is 2.47. The lowest BCUT2D eigenvalue weighted by molar-refractivity contribution is -0.142. The molecule has 2 N–H and O–H groups in total. The molecule has 0 rings (SSSR count). The number of carbonyl (C=O) groups is 1. The van der Waals surface area contributed by atoms with Crippen LogP contribution in [0, 0.1) is 0 Å². The molecule has 0 atom stereocenters. The van der Waals surface area contributed by atoms with E-state index in [4.69, 9.17) is 15.8 Å². The van der Waals surface area contributed by atoms with Gasteiger partial charge in [-0.05, 0) is 13.8 Å². The van der Waals surface area contributed by atoms with E-state index >= 15 is 0 Å². The second kappa shape index (κ2) is 2.96. The largest absolute Gasteiger partial charge is 0.480 e. The fourth-order valence-electron chi connectivity index (χ4n) is 0.348. The van der Waals surface area contributed by atoms with E-state index in [-0.39, 0.29) is 0 Å². The predicted octanol–water partition coefficient (Wildman–Crippen LogP) is -0.0772. The molecule has 0 aromatic rings. The van der Waals surface area contributed by atoms with Crippen molar-refractivity contribution in [2.24, 2.45) is 0 Å². The number of carboxylic acid groups (broad SMARTS) is 1. The minimum atomic E-state index is -3.99. The summed E-state index contributed by atoms with van der Waals surface area (Å²) in [6.45, 7) is 2.38. The van der Waals surface area contributed by atoms with Crippen LogP contribution in [0.4, 0.5) is 0 Å². The Morgan fingerprint density at radius 3 is 2.00 bits per heavy atom. The zero-order valence-electron chi connectivity index (χ0n) is 5.96. The predicted molar refractivity (Wildman–Crippen MR) is 39.6 cm³/mol. The van der Waals surface area contributed by atoms with Crippen molar-refractivity contribution in [3.8, 4) is 0 Å². The number of rotatable bonds is 3. The zero-order valence-corrected chi connectivity index (χ0v) is 7.53. The van der Waals surface area contributed by atoms with Crippen LogP contribution in [-0.4, -0.2) is 25.0 Å². The SMILES string of the molecule is CC(C)(NS(=O)(=O)Cl)C(=O)O. The monoisotopic (exact) mass is 201 g/mol. The lowest BCUT2D eigenvalue weighted by atomic mass is 10.1. The van der Waals surface area contributed by atoms with Crippen LogP contribution < -0.4 is 4.72 Å². The van der Waals surface area contributed by atoms with Gasteiger partial charge in [0.25, 0.3) is 9.24 Å². The van der Waals surface area contributed by atoms with Crippen LogP contribution in [0.1, 0.15) is 13.8 Å². The van der Waals surface area contributed by atoms with Gasteiger partial charge in [0.2, 0.25) is 0 Å². The standard InChI is InChI=1S/C4H8ClNO4S/c1-4(2,3(7)8)6-11(5,9)10/h6H,1-2H3,(H,7,8). The smallest absolute Gasteiger partial charge is 0.324 e. The molecular weight excluding hydrogens is 194 g/mol. The summed E-state index contributed by atoms with van der Waals surface area (Å²) in [4.78, 5) is 10.3. The molecule has 0 saturated carbocycles. The number of aliphatic carboxylic acids is 1. The highest BCUT2D eigenvalue weighted by Crippen LogP contribution is 2.06. The molecule has 0 aromatic heterocycles. The Bertz CT molecular complexity index is 257. The molecule has 5 nitrogen and oxygen atoms in total. The Hall–Kier alpha value is -0.330. The van der Waals surface area contributed by atoms with Crippen molar-refractivity contribution in [3.63, 3.8) is 0 Å². The fraction of sp³-hybridized carbons (Fsp3) is 0.750. The van der Waals surface area contributed by atoms with Gasteiger partial charge in [-0.15, -0.1) is 0 Å². The lowest BCUT2D eigenvalue weighted by Gasteiger charge is -2.17. The highest BCUT2D eigenvalue weighted by molar-refractivity contribution is 8.12. The highest BCUT2D eigenvalue weighted by Gasteiger charge is 2.31. The number of hydrogen-bond acceptors (Lipinski definition) is 3. The third kappa shape index (κ3) is 4.18. The molecule has 11 heavy (non-hydrogen) atoms. The molecule has 0 aliphatic carbocycles. The van der Waals surface area contributed by atoms with Crippen LogP contribution in [0.15, 0.2) is 0 Å². The van der Waals surface area contributed by atoms with Crippen molar-refractivity contribution in [2.45, 2.75) is 19.4 Å². The third-order valence-corrected chi connectivity index (χ3v) is 1.90. The maximum Gasteiger partial charge on any atom is 0.324 e. The van der Waals surface area contributed by atoms with E-state index in [1.165, 1.54) is 13.8 Å². The average Bonchev–Trinajstić information content (AvgIpc) is 1.56. The van der Waals surface area contributed by atoms with E-state index in [0.29, 0.717) is 0 Å². The van der Waals surface area contributed by atoms with Gasteiger partial charge in [-0.1, -0.05) is 0 Å². The van der Waals surface area contributed by atoms with E-state index in [2.05, 4.69) is 0 Å². The first-order valence-corrected chi connectivity index (χ1v) is 4.93. The Kier molecular flexibility index (Phi) is 2.87. The molecule has 0 aliphatic heterocycles. The van der Waals surface area contributed by atoms with Crippen molar-refractivity contribution < 1.29 is 18.3 Å². The Morgan fingerprint density at radius 1 is 1.55 bits per heavy atom. The van der Waals surface area contributed by atoms with Gasteiger partial charge in [0.05, 0.1) is 0 Å². The summed E-state index contributed by atoms with van der Waals surface area (Å²) < 4.78 is 22.4. The molecule has 0 aliphatic rings. The molecule has 0 amide bonds. The van der Waals surface area contributed by atoms with Gasteiger partial charge in [0.1, 0.15) is 5.54 Å². The van der Waals surface area contributed by atoms with Gasteiger partial charge < -0.3 is 5.11 Å². The van der Waals surface area contributed by atoms with Crippen LogP contribution in [0.3, 0.4) is 0 Å². The molecule has 66 valence electrons. The molecular formula is C4H8ClNO4S. The van der Waals surface area contributed by atoms with Crippen LogP contribution in [-0.2, 0) is 14.0 Å². The molecule has 0 heterocycles. The fourth-order valence-corrected chi connectivity index (χ4v) is 1.62. The summed E-state index contributed by atoms with van der Waals surface area (Å²) in [6, 6.07) is 0. The van der Waals surface area contributed by atoms with Crippen molar-refractivity contribution in [2.75, 3.05) is 0 Å². The summed E-state index contributed by atoms with van der Waals surface area (Å²) in [5, 5.41) is 8.42. The summed E-state index contributed by atoms with van der Waals surface area (Å²) in [6.07, 6.45) is 0. The number of halogens is 1. The molecule has 0 fully saturated rings. The quantitative estimate of drug-likeness (QED) is 0.626. The Balaban J connectivity index is 4.51. The van der Waals surface area contributed by atoms with E-state index in [1.54, 1.807) is 4.72 Å². The average molecular weight is 202 g/mol. The van der Waals surface area contributed by atoms with E-state index in [1.807, 2.05) is 0 Å². The van der Waals surface area contributed by atoms with Gasteiger partial charge in [-0.3, -0.25) is 4.79 Å².